The van der Waals surface area contributed by atoms with E-state index in [4.69, 9.17) is 4.74 Å². The van der Waals surface area contributed by atoms with E-state index in [1.807, 2.05) is 9.80 Å². The maximum atomic E-state index is 14.7. The summed E-state index contributed by atoms with van der Waals surface area (Å²) < 4.78 is 6.60. The zero-order valence-corrected chi connectivity index (χ0v) is 46.9. The number of hydrogen-bond donors (Lipinski definition) is 0. The molecule has 4 rings (SSSR count). The second kappa shape index (κ2) is 38.4. The predicted octanol–water partition coefficient (Wildman–Crippen LogP) is 19.9. The minimum Gasteiger partial charge on any atom is -0.378 e. The van der Waals surface area contributed by atoms with Gasteiger partial charge < -0.3 is 14.5 Å². The second-order valence-electron chi connectivity index (χ2n) is 21.4. The first-order valence-corrected chi connectivity index (χ1v) is 31.6. The number of rotatable bonds is 47. The van der Waals surface area contributed by atoms with Crippen molar-refractivity contribution in [1.29, 1.82) is 0 Å². The normalized spacial score (nSPS) is 14.9. The molecule has 392 valence electrons. The van der Waals surface area contributed by atoms with Gasteiger partial charge in [-0.3, -0.25) is 9.59 Å². The van der Waals surface area contributed by atoms with Gasteiger partial charge in [0.1, 0.15) is 0 Å². The van der Waals surface area contributed by atoms with Crippen LogP contribution in [0.4, 0.5) is 0 Å². The van der Waals surface area contributed by atoms with E-state index in [0.717, 1.165) is 72.2 Å². The molecule has 69 heavy (non-hydrogen) atoms. The van der Waals surface area contributed by atoms with E-state index in [1.165, 1.54) is 212 Å². The van der Waals surface area contributed by atoms with Gasteiger partial charge in [0, 0.05) is 19.7 Å². The van der Waals surface area contributed by atoms with Crippen LogP contribution in [0.3, 0.4) is 0 Å². The lowest BCUT2D eigenvalue weighted by Gasteiger charge is -2.24. The summed E-state index contributed by atoms with van der Waals surface area (Å²) in [5, 5.41) is 4.15. The molecule has 4 heterocycles. The molecular weight excluding hydrogens is 885 g/mol. The highest BCUT2D eigenvalue weighted by atomic mass is 32.1. The Balaban J connectivity index is 1.23. The Bertz CT molecular complexity index is 1650. The smallest absolute Gasteiger partial charge is 0.261 e. The zero-order chi connectivity index (χ0) is 49.0. The highest BCUT2D eigenvalue weighted by Gasteiger charge is 2.49. The molecule has 2 aliphatic heterocycles. The predicted molar refractivity (Wildman–Crippen MR) is 302 cm³/mol. The van der Waals surface area contributed by atoms with Gasteiger partial charge in [0.2, 0.25) is 0 Å². The van der Waals surface area contributed by atoms with Crippen LogP contribution in [0.25, 0.3) is 11.4 Å². The molecule has 2 aromatic heterocycles. The summed E-state index contributed by atoms with van der Waals surface area (Å²) in [6, 6.07) is 8.29. The van der Waals surface area contributed by atoms with Crippen LogP contribution in [0.15, 0.2) is 46.2 Å². The van der Waals surface area contributed by atoms with Crippen molar-refractivity contribution in [1.82, 2.24) is 9.80 Å². The molecule has 0 spiro atoms. The van der Waals surface area contributed by atoms with Crippen molar-refractivity contribution in [3.05, 3.63) is 55.9 Å². The molecule has 0 radical (unpaired) electrons. The van der Waals surface area contributed by atoms with Crippen LogP contribution in [0.2, 0.25) is 0 Å². The molecule has 2 atom stereocenters. The molecule has 0 saturated heterocycles. The summed E-state index contributed by atoms with van der Waals surface area (Å²) in [4.78, 5) is 35.2. The molecule has 0 N–H and O–H groups in total. The monoisotopic (exact) mass is 989 g/mol. The number of nitrogens with zero attached hydrogens (tertiary/aromatic N) is 2. The van der Waals surface area contributed by atoms with Crippen molar-refractivity contribution >= 4 is 45.9 Å². The molecular formula is C62H104N2O3S2. The van der Waals surface area contributed by atoms with Crippen molar-refractivity contribution in [2.24, 2.45) is 5.92 Å². The average Bonchev–Trinajstić information content (AvgIpc) is 4.18. The number of hydrogen-bond acceptors (Lipinski definition) is 5. The first-order valence-electron chi connectivity index (χ1n) is 29.8. The molecule has 2 amide bonds. The van der Waals surface area contributed by atoms with Crippen LogP contribution in [-0.4, -0.2) is 47.4 Å². The summed E-state index contributed by atoms with van der Waals surface area (Å²) in [6.45, 7) is 11.6. The van der Waals surface area contributed by atoms with Crippen LogP contribution in [-0.2, 0) is 14.3 Å². The van der Waals surface area contributed by atoms with E-state index < -0.39 is 0 Å². The van der Waals surface area contributed by atoms with E-state index >= 15 is 0 Å². The average molecular weight is 990 g/mol. The Morgan fingerprint density at radius 2 is 0.739 bits per heavy atom. The standard InChI is InChI=1S/C62H104N2O3S2/c1-5-8-11-14-17-19-21-23-26-33-42-53(4)43-34-28-30-37-48-63-59(55-46-40-51-68-55)57-58(61(63)65)60(56-47-41-52-69-56)64(62(57)66)49-38-31-29-36-45-54(67-50-39-32-25-16-13-10-7-3)44-35-27-24-22-20-18-15-12-9-6-2/h40-41,46-47,51-54H,5-39,42-45,48-50H2,1-4H3. The fourth-order valence-corrected chi connectivity index (χ4v) is 12.4. The lowest BCUT2D eigenvalue weighted by molar-refractivity contribution is -0.124. The van der Waals surface area contributed by atoms with Gasteiger partial charge in [0.25, 0.3) is 11.8 Å². The summed E-state index contributed by atoms with van der Waals surface area (Å²) >= 11 is 3.28. The zero-order valence-electron chi connectivity index (χ0n) is 45.3. The SMILES string of the molecule is CCCCCCCCCCCCC(C)CCCCCCN1C(=O)C2=C(c3cccs3)N(CCCCCCC(CCCCCCCCCCCC)OCCCCCCCCC)C(=O)C2=C1c1cccs1. The van der Waals surface area contributed by atoms with Crippen LogP contribution in [0.1, 0.15) is 288 Å². The Hall–Kier alpha value is -2.22. The second-order valence-corrected chi connectivity index (χ2v) is 23.3. The van der Waals surface area contributed by atoms with E-state index in [9.17, 15) is 9.59 Å². The van der Waals surface area contributed by atoms with E-state index in [-0.39, 0.29) is 11.8 Å². The number of thiophene rings is 2. The van der Waals surface area contributed by atoms with Crippen molar-refractivity contribution in [2.75, 3.05) is 19.7 Å². The molecule has 0 aromatic carbocycles. The van der Waals surface area contributed by atoms with Gasteiger partial charge in [0.15, 0.2) is 0 Å². The summed E-state index contributed by atoms with van der Waals surface area (Å²) in [6.07, 6.45) is 51.3. The van der Waals surface area contributed by atoms with Crippen LogP contribution in [0, 0.1) is 5.92 Å². The first-order chi connectivity index (χ1) is 34.0. The maximum Gasteiger partial charge on any atom is 0.261 e. The van der Waals surface area contributed by atoms with Gasteiger partial charge in [-0.05, 0) is 60.9 Å². The number of carbonyl (C=O) groups is 2. The number of ether oxygens (including phenoxy) is 1. The van der Waals surface area contributed by atoms with Crippen molar-refractivity contribution < 1.29 is 14.3 Å². The van der Waals surface area contributed by atoms with Crippen LogP contribution >= 0.6 is 22.7 Å². The van der Waals surface area contributed by atoms with Crippen LogP contribution < -0.4 is 0 Å². The van der Waals surface area contributed by atoms with Gasteiger partial charge in [-0.1, -0.05) is 258 Å². The largest absolute Gasteiger partial charge is 0.378 e. The minimum absolute atomic E-state index is 0.0133. The fraction of sp³-hybridized carbons (Fsp3) is 0.774. The van der Waals surface area contributed by atoms with Crippen molar-refractivity contribution in [3.63, 3.8) is 0 Å². The summed E-state index contributed by atoms with van der Waals surface area (Å²) in [7, 11) is 0. The number of unbranched alkanes of at least 4 members (excludes halogenated alkanes) is 30. The number of carbonyl (C=O) groups excluding carboxylic acids is 2. The molecule has 2 aliphatic rings. The van der Waals surface area contributed by atoms with Gasteiger partial charge in [-0.15, -0.1) is 22.7 Å². The third kappa shape index (κ3) is 23.0. The lowest BCUT2D eigenvalue weighted by Crippen LogP contribution is -2.30. The van der Waals surface area contributed by atoms with Gasteiger partial charge >= 0.3 is 0 Å². The molecule has 7 heteroatoms. The maximum absolute atomic E-state index is 14.7. The lowest BCUT2D eigenvalue weighted by atomic mass is 9.96. The Kier molecular flexibility index (Phi) is 33.0. The van der Waals surface area contributed by atoms with E-state index in [1.54, 1.807) is 22.7 Å². The Labute approximate surface area is 433 Å². The summed E-state index contributed by atoms with van der Waals surface area (Å²) in [5.41, 5.74) is 2.97. The molecule has 2 aromatic rings. The molecule has 0 saturated carbocycles. The molecule has 2 unspecified atom stereocenters. The topological polar surface area (TPSA) is 49.9 Å². The third-order valence-corrected chi connectivity index (χ3v) is 17.0. The fourth-order valence-electron chi connectivity index (χ4n) is 10.9. The number of fused-ring (bicyclic) bond motifs is 1. The van der Waals surface area contributed by atoms with Crippen molar-refractivity contribution in [2.45, 2.75) is 284 Å². The van der Waals surface area contributed by atoms with E-state index in [2.05, 4.69) is 62.7 Å². The minimum atomic E-state index is 0.0133. The van der Waals surface area contributed by atoms with E-state index in [0.29, 0.717) is 30.3 Å². The molecule has 0 fully saturated rings. The third-order valence-electron chi connectivity index (χ3n) is 15.2. The molecule has 0 aliphatic carbocycles. The van der Waals surface area contributed by atoms with Gasteiger partial charge in [-0.25, -0.2) is 0 Å². The van der Waals surface area contributed by atoms with Gasteiger partial charge in [-0.2, -0.15) is 0 Å². The van der Waals surface area contributed by atoms with Gasteiger partial charge in [0.05, 0.1) is 38.4 Å². The highest BCUT2D eigenvalue weighted by molar-refractivity contribution is 7.11. The first kappa shape index (κ1) is 59.3. The van der Waals surface area contributed by atoms with Crippen LogP contribution in [0.5, 0.6) is 0 Å². The summed E-state index contributed by atoms with van der Waals surface area (Å²) in [5.74, 6) is 0.827. The highest BCUT2D eigenvalue weighted by Crippen LogP contribution is 2.48. The Morgan fingerprint density at radius 1 is 0.420 bits per heavy atom. The molecule has 0 bridgehead atoms. The quantitative estimate of drug-likeness (QED) is 0.0621. The number of amides is 2. The van der Waals surface area contributed by atoms with Crippen molar-refractivity contribution in [3.8, 4) is 0 Å². The Morgan fingerprint density at radius 3 is 1.09 bits per heavy atom. The molecule has 5 nitrogen and oxygen atoms in total.